The van der Waals surface area contributed by atoms with Gasteiger partial charge in [-0.3, -0.25) is 4.79 Å². The second kappa shape index (κ2) is 9.62. The number of hydrogen-bond donors (Lipinski definition) is 1. The minimum absolute atomic E-state index is 0.213. The molecule has 28 heavy (non-hydrogen) atoms. The molecule has 1 heterocycles. The van der Waals surface area contributed by atoms with Crippen LogP contribution in [-0.4, -0.2) is 48.0 Å². The molecule has 1 aromatic heterocycles. The molecule has 144 valence electrons. The largest absolute Gasteiger partial charge is 0.349 e. The van der Waals surface area contributed by atoms with Crippen LogP contribution in [-0.2, 0) is 6.54 Å². The number of nitrogens with one attached hydrogen (secondary N) is 1. The maximum absolute atomic E-state index is 12.2. The molecule has 0 aliphatic rings. The van der Waals surface area contributed by atoms with E-state index in [1.165, 1.54) is 11.8 Å². The molecule has 6 heteroatoms. The molecule has 0 atom stereocenters. The monoisotopic (exact) mass is 375 g/mol. The fourth-order valence-electron chi connectivity index (χ4n) is 2.74. The molecule has 0 aliphatic carbocycles. The van der Waals surface area contributed by atoms with Crippen molar-refractivity contribution in [1.29, 1.82) is 0 Å². The van der Waals surface area contributed by atoms with E-state index in [4.69, 9.17) is 0 Å². The van der Waals surface area contributed by atoms with Crippen LogP contribution >= 0.6 is 0 Å². The van der Waals surface area contributed by atoms with Crippen LogP contribution in [0.2, 0.25) is 0 Å². The van der Waals surface area contributed by atoms with Gasteiger partial charge in [0, 0.05) is 25.3 Å². The van der Waals surface area contributed by atoms with Gasteiger partial charge in [0.15, 0.2) is 5.82 Å². The maximum Gasteiger partial charge on any atom is 0.271 e. The molecule has 0 saturated heterocycles. The Morgan fingerprint density at radius 2 is 1.61 bits per heavy atom. The van der Waals surface area contributed by atoms with Gasteiger partial charge in [0.25, 0.3) is 5.91 Å². The van der Waals surface area contributed by atoms with Crippen molar-refractivity contribution in [3.05, 3.63) is 84.3 Å². The molecule has 0 spiro atoms. The van der Waals surface area contributed by atoms with Gasteiger partial charge in [0.05, 0.1) is 12.4 Å². The van der Waals surface area contributed by atoms with E-state index in [1.54, 1.807) is 6.20 Å². The molecule has 0 saturated carbocycles. The summed E-state index contributed by atoms with van der Waals surface area (Å²) in [4.78, 5) is 25.2. The Kier molecular flexibility index (Phi) is 6.70. The first-order valence-electron chi connectivity index (χ1n) is 9.25. The molecule has 0 bridgehead atoms. The Morgan fingerprint density at radius 3 is 2.21 bits per heavy atom. The first-order chi connectivity index (χ1) is 13.6. The molecule has 3 rings (SSSR count). The molecule has 3 aromatic rings. The number of aromatic nitrogens is 2. The molecule has 0 aliphatic heterocycles. The minimum atomic E-state index is -0.213. The zero-order valence-electron chi connectivity index (χ0n) is 16.2. The summed E-state index contributed by atoms with van der Waals surface area (Å²) in [6, 6.07) is 20.2. The molecule has 1 amide bonds. The van der Waals surface area contributed by atoms with Gasteiger partial charge < -0.3 is 15.1 Å². The number of likely N-dealkylation sites (N-methyl/N-ethyl adjacent to an activating group) is 1. The highest BCUT2D eigenvalue weighted by Gasteiger charge is 2.14. The van der Waals surface area contributed by atoms with E-state index < -0.39 is 0 Å². The SMILES string of the molecule is CN(C)CCNC(=O)c1cnc(N(Cc2ccccc2)c2ccccc2)cn1. The van der Waals surface area contributed by atoms with Gasteiger partial charge in [0.2, 0.25) is 0 Å². The van der Waals surface area contributed by atoms with Crippen LogP contribution in [0.4, 0.5) is 11.5 Å². The van der Waals surface area contributed by atoms with E-state index in [2.05, 4.69) is 32.3 Å². The average molecular weight is 375 g/mol. The lowest BCUT2D eigenvalue weighted by atomic mass is 10.2. The molecule has 0 unspecified atom stereocenters. The number of para-hydroxylation sites is 1. The first-order valence-corrected chi connectivity index (χ1v) is 9.25. The third kappa shape index (κ3) is 5.37. The third-order valence-electron chi connectivity index (χ3n) is 4.24. The van der Waals surface area contributed by atoms with Crippen molar-refractivity contribution < 1.29 is 4.79 Å². The number of carbonyl (C=O) groups excluding carboxylic acids is 1. The van der Waals surface area contributed by atoms with Crippen LogP contribution in [0.1, 0.15) is 16.1 Å². The number of nitrogens with zero attached hydrogens (tertiary/aromatic N) is 4. The summed E-state index contributed by atoms with van der Waals surface area (Å²) in [5.41, 5.74) is 2.50. The second-order valence-corrected chi connectivity index (χ2v) is 6.73. The van der Waals surface area contributed by atoms with Crippen molar-refractivity contribution in [1.82, 2.24) is 20.2 Å². The molecular formula is C22H25N5O. The van der Waals surface area contributed by atoms with E-state index >= 15 is 0 Å². The molecule has 0 radical (unpaired) electrons. The summed E-state index contributed by atoms with van der Waals surface area (Å²) in [5, 5.41) is 2.85. The van der Waals surface area contributed by atoms with Gasteiger partial charge in [-0.2, -0.15) is 0 Å². The van der Waals surface area contributed by atoms with Gasteiger partial charge in [-0.25, -0.2) is 9.97 Å². The van der Waals surface area contributed by atoms with Crippen LogP contribution in [0.15, 0.2) is 73.1 Å². The third-order valence-corrected chi connectivity index (χ3v) is 4.24. The summed E-state index contributed by atoms with van der Waals surface area (Å²) in [6.45, 7) is 2.00. The Hall–Kier alpha value is -3.25. The summed E-state index contributed by atoms with van der Waals surface area (Å²) in [7, 11) is 3.93. The number of benzene rings is 2. The molecule has 2 aromatic carbocycles. The zero-order valence-corrected chi connectivity index (χ0v) is 16.2. The summed E-state index contributed by atoms with van der Waals surface area (Å²) < 4.78 is 0. The highest BCUT2D eigenvalue weighted by molar-refractivity contribution is 5.92. The Bertz CT molecular complexity index is 866. The molecule has 0 fully saturated rings. The van der Waals surface area contributed by atoms with Crippen LogP contribution in [0, 0.1) is 0 Å². The van der Waals surface area contributed by atoms with Gasteiger partial charge in [0.1, 0.15) is 5.69 Å². The predicted octanol–water partition coefficient (Wildman–Crippen LogP) is 3.11. The van der Waals surface area contributed by atoms with Gasteiger partial charge in [-0.1, -0.05) is 48.5 Å². The quantitative estimate of drug-likeness (QED) is 0.656. The average Bonchev–Trinajstić information content (AvgIpc) is 2.73. The zero-order chi connectivity index (χ0) is 19.8. The van der Waals surface area contributed by atoms with Crippen molar-refractivity contribution in [2.75, 3.05) is 32.1 Å². The van der Waals surface area contributed by atoms with E-state index in [1.807, 2.05) is 67.5 Å². The summed E-state index contributed by atoms with van der Waals surface area (Å²) >= 11 is 0. The number of carbonyl (C=O) groups is 1. The topological polar surface area (TPSA) is 61.4 Å². The summed E-state index contributed by atoms with van der Waals surface area (Å²) in [5.74, 6) is 0.482. The van der Waals surface area contributed by atoms with Crippen LogP contribution in [0.25, 0.3) is 0 Å². The molecule has 6 nitrogen and oxygen atoms in total. The lowest BCUT2D eigenvalue weighted by Crippen LogP contribution is -2.32. The smallest absolute Gasteiger partial charge is 0.271 e. The second-order valence-electron chi connectivity index (χ2n) is 6.73. The minimum Gasteiger partial charge on any atom is -0.349 e. The maximum atomic E-state index is 12.2. The number of amides is 1. The van der Waals surface area contributed by atoms with Crippen molar-refractivity contribution in [2.45, 2.75) is 6.54 Å². The standard InChI is InChI=1S/C22H25N5O/c1-26(2)14-13-23-22(28)20-15-25-21(16-24-20)27(19-11-7-4-8-12-19)17-18-9-5-3-6-10-18/h3-12,15-16H,13-14,17H2,1-2H3,(H,23,28). The Labute approximate surface area is 165 Å². The highest BCUT2D eigenvalue weighted by Crippen LogP contribution is 2.25. The van der Waals surface area contributed by atoms with Crippen molar-refractivity contribution in [2.24, 2.45) is 0 Å². The van der Waals surface area contributed by atoms with Crippen molar-refractivity contribution in [3.63, 3.8) is 0 Å². The number of anilines is 2. The van der Waals surface area contributed by atoms with Gasteiger partial charge in [-0.05, 0) is 31.8 Å². The normalized spacial score (nSPS) is 10.7. The van der Waals surface area contributed by atoms with Gasteiger partial charge >= 0.3 is 0 Å². The van der Waals surface area contributed by atoms with E-state index in [9.17, 15) is 4.79 Å². The van der Waals surface area contributed by atoms with Crippen molar-refractivity contribution in [3.8, 4) is 0 Å². The van der Waals surface area contributed by atoms with Crippen LogP contribution < -0.4 is 10.2 Å². The Morgan fingerprint density at radius 1 is 0.929 bits per heavy atom. The molecular weight excluding hydrogens is 350 g/mol. The van der Waals surface area contributed by atoms with Gasteiger partial charge in [-0.15, -0.1) is 0 Å². The summed E-state index contributed by atoms with van der Waals surface area (Å²) in [6.07, 6.45) is 3.18. The fourth-order valence-corrected chi connectivity index (χ4v) is 2.74. The fraction of sp³-hybridized carbons (Fsp3) is 0.227. The lowest BCUT2D eigenvalue weighted by molar-refractivity contribution is 0.0945. The first kappa shape index (κ1) is 19.5. The number of rotatable bonds is 8. The van der Waals surface area contributed by atoms with Crippen LogP contribution in [0.3, 0.4) is 0 Å². The molecule has 1 N–H and O–H groups in total. The van der Waals surface area contributed by atoms with E-state index in [-0.39, 0.29) is 5.91 Å². The van der Waals surface area contributed by atoms with E-state index in [0.717, 1.165) is 12.2 Å². The lowest BCUT2D eigenvalue weighted by Gasteiger charge is -2.23. The highest BCUT2D eigenvalue weighted by atomic mass is 16.1. The number of hydrogen-bond acceptors (Lipinski definition) is 5. The van der Waals surface area contributed by atoms with Crippen molar-refractivity contribution >= 4 is 17.4 Å². The predicted molar refractivity (Wildman–Crippen MR) is 112 cm³/mol. The Balaban J connectivity index is 1.78. The van der Waals surface area contributed by atoms with E-state index in [0.29, 0.717) is 24.6 Å². The van der Waals surface area contributed by atoms with Crippen LogP contribution in [0.5, 0.6) is 0 Å².